The third-order valence-electron chi connectivity index (χ3n) is 4.25. The average molecular weight is 283 g/mol. The van der Waals surface area contributed by atoms with Gasteiger partial charge in [0, 0.05) is 12.0 Å². The van der Waals surface area contributed by atoms with Gasteiger partial charge >= 0.3 is 0 Å². The summed E-state index contributed by atoms with van der Waals surface area (Å²) in [6.45, 7) is 3.23. The van der Waals surface area contributed by atoms with E-state index in [1.54, 1.807) is 7.11 Å². The lowest BCUT2D eigenvalue weighted by Crippen LogP contribution is -2.38. The SMILES string of the molecule is CCC(CNC)(Cc1cccc(OC)c1)c1ccccc1. The van der Waals surface area contributed by atoms with E-state index in [4.69, 9.17) is 4.74 Å². The molecule has 2 rings (SSSR count). The highest BCUT2D eigenvalue weighted by Crippen LogP contribution is 2.32. The average Bonchev–Trinajstić information content (AvgIpc) is 2.55. The van der Waals surface area contributed by atoms with Gasteiger partial charge in [-0.3, -0.25) is 0 Å². The molecule has 1 unspecified atom stereocenters. The number of ether oxygens (including phenoxy) is 1. The maximum atomic E-state index is 5.35. The van der Waals surface area contributed by atoms with Gasteiger partial charge in [-0.15, -0.1) is 0 Å². The van der Waals surface area contributed by atoms with Gasteiger partial charge in [-0.25, -0.2) is 0 Å². The topological polar surface area (TPSA) is 21.3 Å². The van der Waals surface area contributed by atoms with E-state index in [0.717, 1.165) is 25.1 Å². The van der Waals surface area contributed by atoms with Crippen LogP contribution in [0.1, 0.15) is 24.5 Å². The summed E-state index contributed by atoms with van der Waals surface area (Å²) in [7, 11) is 3.75. The molecule has 0 spiro atoms. The lowest BCUT2D eigenvalue weighted by Gasteiger charge is -2.34. The van der Waals surface area contributed by atoms with Gasteiger partial charge in [0.05, 0.1) is 7.11 Å². The van der Waals surface area contributed by atoms with Crippen LogP contribution < -0.4 is 10.1 Å². The van der Waals surface area contributed by atoms with Crippen LogP contribution >= 0.6 is 0 Å². The van der Waals surface area contributed by atoms with Crippen molar-refractivity contribution in [2.45, 2.75) is 25.2 Å². The Labute approximate surface area is 128 Å². The van der Waals surface area contributed by atoms with Gasteiger partial charge in [-0.05, 0) is 43.1 Å². The molecule has 2 nitrogen and oxygen atoms in total. The molecule has 112 valence electrons. The zero-order chi connectivity index (χ0) is 15.1. The van der Waals surface area contributed by atoms with Crippen molar-refractivity contribution >= 4 is 0 Å². The molecule has 1 N–H and O–H groups in total. The van der Waals surface area contributed by atoms with Gasteiger partial charge in [-0.2, -0.15) is 0 Å². The molecule has 0 saturated carbocycles. The molecule has 0 saturated heterocycles. The number of benzene rings is 2. The van der Waals surface area contributed by atoms with E-state index in [1.165, 1.54) is 11.1 Å². The normalized spacial score (nSPS) is 13.7. The van der Waals surface area contributed by atoms with Crippen LogP contribution in [0.25, 0.3) is 0 Å². The molecular weight excluding hydrogens is 258 g/mol. The standard InChI is InChI=1S/C19H25NO/c1-4-19(15-20-2,17-10-6-5-7-11-17)14-16-9-8-12-18(13-16)21-3/h5-13,20H,4,14-15H2,1-3H3. The van der Waals surface area contributed by atoms with Crippen LogP contribution in [0.4, 0.5) is 0 Å². The molecule has 0 heterocycles. The molecule has 0 bridgehead atoms. The largest absolute Gasteiger partial charge is 0.497 e. The second-order valence-corrected chi connectivity index (χ2v) is 5.56. The predicted molar refractivity (Wildman–Crippen MR) is 89.0 cm³/mol. The quantitative estimate of drug-likeness (QED) is 0.834. The van der Waals surface area contributed by atoms with E-state index in [2.05, 4.69) is 60.8 Å². The Hall–Kier alpha value is -1.80. The summed E-state index contributed by atoms with van der Waals surface area (Å²) >= 11 is 0. The highest BCUT2D eigenvalue weighted by Gasteiger charge is 2.29. The van der Waals surface area contributed by atoms with E-state index < -0.39 is 0 Å². The fourth-order valence-electron chi connectivity index (χ4n) is 3.02. The van der Waals surface area contributed by atoms with E-state index in [1.807, 2.05) is 13.1 Å². The molecule has 1 atom stereocenters. The zero-order valence-corrected chi connectivity index (χ0v) is 13.2. The van der Waals surface area contributed by atoms with Crippen molar-refractivity contribution in [2.24, 2.45) is 0 Å². The Morgan fingerprint density at radius 2 is 1.81 bits per heavy atom. The van der Waals surface area contributed by atoms with Crippen LogP contribution in [-0.2, 0) is 11.8 Å². The summed E-state index contributed by atoms with van der Waals surface area (Å²) in [5.74, 6) is 0.926. The van der Waals surface area contributed by atoms with Crippen molar-refractivity contribution in [2.75, 3.05) is 20.7 Å². The molecule has 2 heteroatoms. The summed E-state index contributed by atoms with van der Waals surface area (Å²) in [5.41, 5.74) is 2.82. The maximum Gasteiger partial charge on any atom is 0.119 e. The fraction of sp³-hybridized carbons (Fsp3) is 0.368. The number of likely N-dealkylation sites (N-methyl/N-ethyl adjacent to an activating group) is 1. The maximum absolute atomic E-state index is 5.35. The number of methoxy groups -OCH3 is 1. The molecule has 2 aromatic rings. The Morgan fingerprint density at radius 3 is 2.43 bits per heavy atom. The van der Waals surface area contributed by atoms with Crippen molar-refractivity contribution < 1.29 is 4.74 Å². The lowest BCUT2D eigenvalue weighted by atomic mass is 9.73. The Balaban J connectivity index is 2.36. The fourth-order valence-corrected chi connectivity index (χ4v) is 3.02. The van der Waals surface area contributed by atoms with Crippen LogP contribution in [-0.4, -0.2) is 20.7 Å². The summed E-state index contributed by atoms with van der Waals surface area (Å²) in [6, 6.07) is 19.2. The molecule has 0 aliphatic rings. The minimum absolute atomic E-state index is 0.113. The van der Waals surface area contributed by atoms with Crippen LogP contribution in [0, 0.1) is 0 Å². The smallest absolute Gasteiger partial charge is 0.119 e. The number of nitrogens with one attached hydrogen (secondary N) is 1. The molecule has 0 radical (unpaired) electrons. The molecule has 0 aliphatic carbocycles. The van der Waals surface area contributed by atoms with Crippen LogP contribution in [0.15, 0.2) is 54.6 Å². The lowest BCUT2D eigenvalue weighted by molar-refractivity contribution is 0.387. The van der Waals surface area contributed by atoms with Crippen molar-refractivity contribution in [3.63, 3.8) is 0 Å². The second kappa shape index (κ2) is 7.28. The van der Waals surface area contributed by atoms with Crippen molar-refractivity contribution in [1.29, 1.82) is 0 Å². The first-order valence-corrected chi connectivity index (χ1v) is 7.57. The molecular formula is C19H25NO. The van der Waals surface area contributed by atoms with Gasteiger partial charge in [-0.1, -0.05) is 49.4 Å². The minimum atomic E-state index is 0.113. The van der Waals surface area contributed by atoms with Crippen LogP contribution in [0.3, 0.4) is 0 Å². The van der Waals surface area contributed by atoms with Crippen LogP contribution in [0.5, 0.6) is 5.75 Å². The minimum Gasteiger partial charge on any atom is -0.497 e. The third kappa shape index (κ3) is 3.64. The highest BCUT2D eigenvalue weighted by atomic mass is 16.5. The van der Waals surface area contributed by atoms with Gasteiger partial charge < -0.3 is 10.1 Å². The monoisotopic (exact) mass is 283 g/mol. The molecule has 2 aromatic carbocycles. The molecule has 0 aliphatic heterocycles. The number of rotatable bonds is 7. The van der Waals surface area contributed by atoms with Crippen molar-refractivity contribution in [1.82, 2.24) is 5.32 Å². The van der Waals surface area contributed by atoms with Gasteiger partial charge in [0.15, 0.2) is 0 Å². The predicted octanol–water partition coefficient (Wildman–Crippen LogP) is 3.81. The summed E-state index contributed by atoms with van der Waals surface area (Å²) in [5, 5.41) is 3.38. The van der Waals surface area contributed by atoms with Gasteiger partial charge in [0.1, 0.15) is 5.75 Å². The summed E-state index contributed by atoms with van der Waals surface area (Å²) < 4.78 is 5.35. The van der Waals surface area contributed by atoms with Gasteiger partial charge in [0.2, 0.25) is 0 Å². The first kappa shape index (κ1) is 15.6. The zero-order valence-electron chi connectivity index (χ0n) is 13.2. The molecule has 0 amide bonds. The Kier molecular flexibility index (Phi) is 5.40. The molecule has 21 heavy (non-hydrogen) atoms. The Bertz CT molecular complexity index is 553. The first-order valence-electron chi connectivity index (χ1n) is 7.57. The van der Waals surface area contributed by atoms with E-state index in [-0.39, 0.29) is 5.41 Å². The van der Waals surface area contributed by atoms with Crippen LogP contribution in [0.2, 0.25) is 0 Å². The van der Waals surface area contributed by atoms with Gasteiger partial charge in [0.25, 0.3) is 0 Å². The highest BCUT2D eigenvalue weighted by molar-refractivity contribution is 5.34. The summed E-state index contributed by atoms with van der Waals surface area (Å²) in [4.78, 5) is 0. The second-order valence-electron chi connectivity index (χ2n) is 5.56. The van der Waals surface area contributed by atoms with E-state index in [0.29, 0.717) is 0 Å². The number of hydrogen-bond acceptors (Lipinski definition) is 2. The molecule has 0 aromatic heterocycles. The van der Waals surface area contributed by atoms with Crippen molar-refractivity contribution in [3.8, 4) is 5.75 Å². The summed E-state index contributed by atoms with van der Waals surface area (Å²) in [6.07, 6.45) is 2.10. The third-order valence-corrected chi connectivity index (χ3v) is 4.25. The Morgan fingerprint density at radius 1 is 1.05 bits per heavy atom. The first-order chi connectivity index (χ1) is 10.2. The van der Waals surface area contributed by atoms with E-state index >= 15 is 0 Å². The van der Waals surface area contributed by atoms with E-state index in [9.17, 15) is 0 Å². The molecule has 0 fully saturated rings. The van der Waals surface area contributed by atoms with Crippen molar-refractivity contribution in [3.05, 3.63) is 65.7 Å². The number of hydrogen-bond donors (Lipinski definition) is 1.